The molecule has 1 rings (SSSR count). The number of carbonyl (C=O) groups excluding carboxylic acids is 2. The molecular formula is C12H17Cl2N3O2S. The molecule has 0 aliphatic rings. The first-order valence-corrected chi connectivity index (χ1v) is 7.37. The van der Waals surface area contributed by atoms with Crippen molar-refractivity contribution in [3.8, 4) is 0 Å². The Morgan fingerprint density at radius 1 is 1.45 bits per heavy atom. The van der Waals surface area contributed by atoms with Gasteiger partial charge in [-0.25, -0.2) is 0 Å². The fourth-order valence-corrected chi connectivity index (χ4v) is 2.17. The Labute approximate surface area is 133 Å². The van der Waals surface area contributed by atoms with Gasteiger partial charge in [0.05, 0.1) is 16.6 Å². The highest BCUT2D eigenvalue weighted by Crippen LogP contribution is 2.20. The first-order chi connectivity index (χ1) is 8.95. The van der Waals surface area contributed by atoms with E-state index in [1.807, 2.05) is 6.26 Å². The van der Waals surface area contributed by atoms with Crippen LogP contribution in [-0.2, 0) is 4.79 Å². The summed E-state index contributed by atoms with van der Waals surface area (Å²) in [6, 6.07) is 3.93. The van der Waals surface area contributed by atoms with Crippen molar-refractivity contribution in [2.75, 3.05) is 17.3 Å². The van der Waals surface area contributed by atoms with Crippen LogP contribution in [0.25, 0.3) is 0 Å². The van der Waals surface area contributed by atoms with Crippen molar-refractivity contribution in [2.45, 2.75) is 12.5 Å². The molecule has 0 aromatic heterocycles. The Morgan fingerprint density at radius 3 is 2.60 bits per heavy atom. The van der Waals surface area contributed by atoms with E-state index >= 15 is 0 Å². The predicted octanol–water partition coefficient (Wildman–Crippen LogP) is 1.88. The van der Waals surface area contributed by atoms with E-state index in [0.717, 1.165) is 5.75 Å². The number of hydrogen-bond donors (Lipinski definition) is 3. The second-order valence-electron chi connectivity index (χ2n) is 3.94. The van der Waals surface area contributed by atoms with Crippen LogP contribution in [0, 0.1) is 0 Å². The van der Waals surface area contributed by atoms with Crippen molar-refractivity contribution in [2.24, 2.45) is 11.5 Å². The van der Waals surface area contributed by atoms with Crippen molar-refractivity contribution in [1.82, 2.24) is 0 Å². The van der Waals surface area contributed by atoms with E-state index in [4.69, 9.17) is 23.1 Å². The van der Waals surface area contributed by atoms with E-state index < -0.39 is 11.9 Å². The number of anilines is 1. The molecule has 0 unspecified atom stereocenters. The lowest BCUT2D eigenvalue weighted by Gasteiger charge is -2.12. The van der Waals surface area contributed by atoms with Crippen LogP contribution in [0.1, 0.15) is 16.8 Å². The van der Waals surface area contributed by atoms with E-state index in [1.165, 1.54) is 12.1 Å². The molecule has 0 spiro atoms. The number of amides is 2. The lowest BCUT2D eigenvalue weighted by molar-refractivity contribution is -0.117. The predicted molar refractivity (Wildman–Crippen MR) is 86.8 cm³/mol. The highest BCUT2D eigenvalue weighted by Gasteiger charge is 2.14. The first-order valence-electron chi connectivity index (χ1n) is 5.60. The Kier molecular flexibility index (Phi) is 8.64. The van der Waals surface area contributed by atoms with Gasteiger partial charge in [-0.05, 0) is 36.6 Å². The Bertz CT molecular complexity index is 486. The van der Waals surface area contributed by atoms with Gasteiger partial charge in [-0.3, -0.25) is 9.59 Å². The van der Waals surface area contributed by atoms with Crippen molar-refractivity contribution in [1.29, 1.82) is 0 Å². The SMILES string of the molecule is CSCC[C@H](N)C(=O)Nc1ccc(C(N)=O)c(Cl)c1.Cl. The normalized spacial score (nSPS) is 11.3. The fourth-order valence-electron chi connectivity index (χ4n) is 1.40. The Balaban J connectivity index is 0.00000361. The smallest absolute Gasteiger partial charge is 0.250 e. The molecule has 0 saturated heterocycles. The third-order valence-electron chi connectivity index (χ3n) is 2.47. The summed E-state index contributed by atoms with van der Waals surface area (Å²) in [4.78, 5) is 22.8. The summed E-state index contributed by atoms with van der Waals surface area (Å²) in [5, 5.41) is 2.85. The third kappa shape index (κ3) is 5.58. The number of halogens is 2. The van der Waals surface area contributed by atoms with Crippen LogP contribution in [-0.4, -0.2) is 29.9 Å². The van der Waals surface area contributed by atoms with Crippen molar-refractivity contribution >= 4 is 53.3 Å². The van der Waals surface area contributed by atoms with Crippen LogP contribution >= 0.6 is 35.8 Å². The lowest BCUT2D eigenvalue weighted by Crippen LogP contribution is -2.36. The summed E-state index contributed by atoms with van der Waals surface area (Å²) in [6.45, 7) is 0. The van der Waals surface area contributed by atoms with Gasteiger partial charge >= 0.3 is 0 Å². The van der Waals surface area contributed by atoms with Gasteiger partial charge in [-0.2, -0.15) is 11.8 Å². The number of benzene rings is 1. The molecule has 8 heteroatoms. The van der Waals surface area contributed by atoms with Gasteiger partial charge in [-0.15, -0.1) is 12.4 Å². The van der Waals surface area contributed by atoms with Crippen LogP contribution in [0.15, 0.2) is 18.2 Å². The molecule has 2 amide bonds. The second-order valence-corrected chi connectivity index (χ2v) is 5.33. The minimum atomic E-state index is -0.612. The molecule has 1 atom stereocenters. The van der Waals surface area contributed by atoms with E-state index in [9.17, 15) is 9.59 Å². The largest absolute Gasteiger partial charge is 0.366 e. The average molecular weight is 338 g/mol. The summed E-state index contributed by atoms with van der Waals surface area (Å²) < 4.78 is 0. The lowest BCUT2D eigenvalue weighted by atomic mass is 10.2. The molecule has 112 valence electrons. The summed E-state index contributed by atoms with van der Waals surface area (Å²) in [5.74, 6) is -0.0767. The summed E-state index contributed by atoms with van der Waals surface area (Å²) in [6.07, 6.45) is 2.55. The van der Waals surface area contributed by atoms with Gasteiger partial charge in [-0.1, -0.05) is 11.6 Å². The monoisotopic (exact) mass is 337 g/mol. The van der Waals surface area contributed by atoms with Crippen LogP contribution in [0.3, 0.4) is 0 Å². The quantitative estimate of drug-likeness (QED) is 0.737. The van der Waals surface area contributed by atoms with Crippen LogP contribution < -0.4 is 16.8 Å². The molecule has 0 heterocycles. The number of carbonyl (C=O) groups is 2. The van der Waals surface area contributed by atoms with Crippen molar-refractivity contribution in [3.05, 3.63) is 28.8 Å². The number of thioether (sulfide) groups is 1. The molecule has 1 aromatic carbocycles. The third-order valence-corrected chi connectivity index (χ3v) is 3.43. The maximum absolute atomic E-state index is 11.8. The molecule has 5 N–H and O–H groups in total. The Hall–Kier alpha value is -0.950. The minimum absolute atomic E-state index is 0. The van der Waals surface area contributed by atoms with Crippen LogP contribution in [0.4, 0.5) is 5.69 Å². The molecule has 20 heavy (non-hydrogen) atoms. The van der Waals surface area contributed by atoms with E-state index in [2.05, 4.69) is 5.32 Å². The van der Waals surface area contributed by atoms with Gasteiger partial charge < -0.3 is 16.8 Å². The molecule has 0 aliphatic carbocycles. The highest BCUT2D eigenvalue weighted by atomic mass is 35.5. The van der Waals surface area contributed by atoms with Crippen LogP contribution in [0.5, 0.6) is 0 Å². The van der Waals surface area contributed by atoms with Gasteiger partial charge in [0.15, 0.2) is 0 Å². The average Bonchev–Trinajstić information content (AvgIpc) is 2.35. The number of primary amides is 1. The van der Waals surface area contributed by atoms with E-state index in [-0.39, 0.29) is 28.9 Å². The molecular weight excluding hydrogens is 321 g/mol. The summed E-state index contributed by atoms with van der Waals surface area (Å²) in [5.41, 5.74) is 11.6. The molecule has 0 aliphatic heterocycles. The maximum Gasteiger partial charge on any atom is 0.250 e. The van der Waals surface area contributed by atoms with E-state index in [0.29, 0.717) is 12.1 Å². The zero-order valence-electron chi connectivity index (χ0n) is 10.9. The molecule has 5 nitrogen and oxygen atoms in total. The summed E-state index contributed by atoms with van der Waals surface area (Å²) >= 11 is 7.51. The second kappa shape index (κ2) is 9.07. The van der Waals surface area contributed by atoms with Crippen molar-refractivity contribution < 1.29 is 9.59 Å². The van der Waals surface area contributed by atoms with Gasteiger partial charge in [0.25, 0.3) is 0 Å². The van der Waals surface area contributed by atoms with Gasteiger partial charge in [0, 0.05) is 5.69 Å². The number of rotatable bonds is 6. The van der Waals surface area contributed by atoms with Gasteiger partial charge in [0.2, 0.25) is 11.8 Å². The molecule has 1 aromatic rings. The fraction of sp³-hybridized carbons (Fsp3) is 0.333. The zero-order chi connectivity index (χ0) is 14.4. The molecule has 0 bridgehead atoms. The first kappa shape index (κ1) is 19.1. The standard InChI is InChI=1S/C12H16ClN3O2S.ClH/c1-19-5-4-10(14)12(18)16-7-2-3-8(11(15)17)9(13)6-7;/h2-3,6,10H,4-5,14H2,1H3,(H2,15,17)(H,16,18);1H/t10-;/m0./s1. The van der Waals surface area contributed by atoms with Crippen molar-refractivity contribution in [3.63, 3.8) is 0 Å². The Morgan fingerprint density at radius 2 is 2.10 bits per heavy atom. The number of hydrogen-bond acceptors (Lipinski definition) is 4. The molecule has 0 fully saturated rings. The topological polar surface area (TPSA) is 98.2 Å². The minimum Gasteiger partial charge on any atom is -0.366 e. The highest BCUT2D eigenvalue weighted by molar-refractivity contribution is 7.98. The zero-order valence-corrected chi connectivity index (χ0v) is 13.3. The molecule has 0 radical (unpaired) electrons. The van der Waals surface area contributed by atoms with Crippen LogP contribution in [0.2, 0.25) is 5.02 Å². The van der Waals surface area contributed by atoms with Gasteiger partial charge in [0.1, 0.15) is 0 Å². The molecule has 0 saturated carbocycles. The maximum atomic E-state index is 11.8. The number of nitrogens with two attached hydrogens (primary N) is 2. The summed E-state index contributed by atoms with van der Waals surface area (Å²) in [7, 11) is 0. The number of nitrogens with one attached hydrogen (secondary N) is 1. The van der Waals surface area contributed by atoms with E-state index in [1.54, 1.807) is 17.8 Å².